The van der Waals surface area contributed by atoms with Gasteiger partial charge in [-0.15, -0.1) is 0 Å². The topological polar surface area (TPSA) is 56.3 Å². The number of aromatic nitrogens is 2. The smallest absolute Gasteiger partial charge is 0.240 e. The van der Waals surface area contributed by atoms with Crippen LogP contribution in [0, 0.1) is 5.92 Å². The molecule has 0 fully saturated rings. The maximum atomic E-state index is 5.27. The molecule has 0 aromatic carbocycles. The van der Waals surface area contributed by atoms with Crippen molar-refractivity contribution >= 4 is 0 Å². The highest BCUT2D eigenvalue weighted by molar-refractivity contribution is 5.26. The molecule has 1 unspecified atom stereocenters. The van der Waals surface area contributed by atoms with Crippen molar-refractivity contribution < 1.29 is 9.47 Å². The molecule has 1 aromatic rings. The van der Waals surface area contributed by atoms with Crippen LogP contribution in [0.1, 0.15) is 32.5 Å². The summed E-state index contributed by atoms with van der Waals surface area (Å²) in [7, 11) is 3.16. The van der Waals surface area contributed by atoms with E-state index >= 15 is 0 Å². The van der Waals surface area contributed by atoms with Crippen molar-refractivity contribution in [2.24, 2.45) is 5.92 Å². The molecular weight excluding hydrogens is 218 g/mol. The van der Waals surface area contributed by atoms with Crippen LogP contribution in [0.15, 0.2) is 6.20 Å². The Kier molecular flexibility index (Phi) is 5.15. The lowest BCUT2D eigenvalue weighted by molar-refractivity contribution is 0.335. The van der Waals surface area contributed by atoms with Gasteiger partial charge in [0, 0.05) is 0 Å². The molecule has 1 heterocycles. The van der Waals surface area contributed by atoms with Gasteiger partial charge in [0.1, 0.15) is 5.69 Å². The molecule has 0 aliphatic carbocycles. The molecule has 5 nitrogen and oxygen atoms in total. The number of hydrogen-bond acceptors (Lipinski definition) is 5. The zero-order valence-corrected chi connectivity index (χ0v) is 11.2. The van der Waals surface area contributed by atoms with Crippen molar-refractivity contribution in [2.45, 2.75) is 26.8 Å². The van der Waals surface area contributed by atoms with E-state index in [1.165, 1.54) is 0 Å². The number of ether oxygens (including phenoxy) is 2. The van der Waals surface area contributed by atoms with Crippen LogP contribution in [0.3, 0.4) is 0 Å². The second kappa shape index (κ2) is 6.39. The Morgan fingerprint density at radius 1 is 1.29 bits per heavy atom. The van der Waals surface area contributed by atoms with E-state index in [9.17, 15) is 0 Å². The summed E-state index contributed by atoms with van der Waals surface area (Å²) in [6.45, 7) is 7.22. The molecule has 5 heteroatoms. The molecule has 0 bridgehead atoms. The Morgan fingerprint density at radius 3 is 2.47 bits per heavy atom. The summed E-state index contributed by atoms with van der Waals surface area (Å²) in [5, 5.41) is 3.39. The van der Waals surface area contributed by atoms with Crippen molar-refractivity contribution in [3.05, 3.63) is 11.9 Å². The first-order valence-electron chi connectivity index (χ1n) is 5.82. The first-order chi connectivity index (χ1) is 8.13. The van der Waals surface area contributed by atoms with E-state index in [1.54, 1.807) is 20.4 Å². The zero-order valence-electron chi connectivity index (χ0n) is 11.2. The molecular formula is C12H21N3O2. The molecule has 1 rings (SSSR count). The number of methoxy groups -OCH3 is 2. The third kappa shape index (κ3) is 3.30. The van der Waals surface area contributed by atoms with Crippen LogP contribution in [0.25, 0.3) is 0 Å². The molecule has 96 valence electrons. The van der Waals surface area contributed by atoms with Gasteiger partial charge in [0.2, 0.25) is 11.8 Å². The monoisotopic (exact) mass is 239 g/mol. The highest BCUT2D eigenvalue weighted by Gasteiger charge is 2.21. The van der Waals surface area contributed by atoms with Gasteiger partial charge in [-0.2, -0.15) is 4.98 Å². The first-order valence-corrected chi connectivity index (χ1v) is 5.82. The van der Waals surface area contributed by atoms with E-state index in [2.05, 4.69) is 36.1 Å². The number of hydrogen-bond donors (Lipinski definition) is 1. The van der Waals surface area contributed by atoms with Crippen LogP contribution in [0.2, 0.25) is 0 Å². The Labute approximate surface area is 103 Å². The number of nitrogens with one attached hydrogen (secondary N) is 1. The van der Waals surface area contributed by atoms with E-state index < -0.39 is 0 Å². The predicted octanol–water partition coefficient (Wildman–Crippen LogP) is 1.80. The van der Waals surface area contributed by atoms with Gasteiger partial charge in [-0.05, 0) is 12.5 Å². The Balaban J connectivity index is 3.09. The van der Waals surface area contributed by atoms with Crippen LogP contribution in [-0.4, -0.2) is 30.7 Å². The van der Waals surface area contributed by atoms with E-state index in [4.69, 9.17) is 9.47 Å². The van der Waals surface area contributed by atoms with Crippen molar-refractivity contribution in [3.63, 3.8) is 0 Å². The fraction of sp³-hybridized carbons (Fsp3) is 0.667. The standard InChI is InChI=1S/C12H21N3O2/c1-6-13-10(8(2)3)11-12(17-5)15-9(16-4)7-14-11/h7-8,10,13H,6H2,1-5H3. The quantitative estimate of drug-likeness (QED) is 0.820. The average molecular weight is 239 g/mol. The Morgan fingerprint density at radius 2 is 2.00 bits per heavy atom. The Hall–Kier alpha value is -1.36. The van der Waals surface area contributed by atoms with Crippen molar-refractivity contribution in [1.29, 1.82) is 0 Å². The maximum Gasteiger partial charge on any atom is 0.240 e. The lowest BCUT2D eigenvalue weighted by Crippen LogP contribution is -2.27. The van der Waals surface area contributed by atoms with E-state index in [-0.39, 0.29) is 6.04 Å². The molecule has 17 heavy (non-hydrogen) atoms. The van der Waals surface area contributed by atoms with Gasteiger partial charge in [0.25, 0.3) is 0 Å². The summed E-state index contributed by atoms with van der Waals surface area (Å²) in [4.78, 5) is 8.63. The SMILES string of the molecule is CCNC(c1ncc(OC)nc1OC)C(C)C. The predicted molar refractivity (Wildman–Crippen MR) is 66.4 cm³/mol. The minimum absolute atomic E-state index is 0.133. The fourth-order valence-corrected chi connectivity index (χ4v) is 1.70. The molecule has 0 saturated heterocycles. The van der Waals surface area contributed by atoms with Crippen molar-refractivity contribution in [1.82, 2.24) is 15.3 Å². The lowest BCUT2D eigenvalue weighted by Gasteiger charge is -2.22. The fourth-order valence-electron chi connectivity index (χ4n) is 1.70. The average Bonchev–Trinajstić information content (AvgIpc) is 2.35. The molecule has 0 spiro atoms. The molecule has 0 saturated carbocycles. The van der Waals surface area contributed by atoms with Crippen molar-refractivity contribution in [2.75, 3.05) is 20.8 Å². The Bertz CT molecular complexity index is 356. The summed E-state index contributed by atoms with van der Waals surface area (Å²) in [6, 6.07) is 0.133. The van der Waals surface area contributed by atoms with Gasteiger partial charge in [-0.1, -0.05) is 20.8 Å². The van der Waals surface area contributed by atoms with Crippen molar-refractivity contribution in [3.8, 4) is 11.8 Å². The largest absolute Gasteiger partial charge is 0.480 e. The van der Waals surface area contributed by atoms with Crippen LogP contribution < -0.4 is 14.8 Å². The summed E-state index contributed by atoms with van der Waals surface area (Å²) in [5.41, 5.74) is 0.824. The van der Waals surface area contributed by atoms with Gasteiger partial charge < -0.3 is 14.8 Å². The first kappa shape index (κ1) is 13.7. The molecule has 1 aromatic heterocycles. The van der Waals surface area contributed by atoms with Gasteiger partial charge in [0.15, 0.2) is 0 Å². The molecule has 1 atom stereocenters. The minimum atomic E-state index is 0.133. The summed E-state index contributed by atoms with van der Waals surface area (Å²) >= 11 is 0. The normalized spacial score (nSPS) is 12.6. The summed E-state index contributed by atoms with van der Waals surface area (Å²) in [5.74, 6) is 1.39. The van der Waals surface area contributed by atoms with Gasteiger partial charge in [-0.25, -0.2) is 4.98 Å². The second-order valence-electron chi connectivity index (χ2n) is 4.09. The molecule has 0 radical (unpaired) electrons. The van der Waals surface area contributed by atoms with Gasteiger partial charge >= 0.3 is 0 Å². The highest BCUT2D eigenvalue weighted by atomic mass is 16.5. The third-order valence-electron chi connectivity index (χ3n) is 2.53. The summed E-state index contributed by atoms with van der Waals surface area (Å²) < 4.78 is 10.3. The van der Waals surface area contributed by atoms with Gasteiger partial charge in [0.05, 0.1) is 26.5 Å². The van der Waals surface area contributed by atoms with Crippen LogP contribution in [0.4, 0.5) is 0 Å². The molecule has 0 amide bonds. The van der Waals surface area contributed by atoms with Gasteiger partial charge in [-0.3, -0.25) is 0 Å². The van der Waals surface area contributed by atoms with Crippen LogP contribution >= 0.6 is 0 Å². The third-order valence-corrected chi connectivity index (χ3v) is 2.53. The van der Waals surface area contributed by atoms with E-state index in [1.807, 2.05) is 0 Å². The van der Waals surface area contributed by atoms with Crippen LogP contribution in [0.5, 0.6) is 11.8 Å². The van der Waals surface area contributed by atoms with E-state index in [0.29, 0.717) is 17.7 Å². The highest BCUT2D eigenvalue weighted by Crippen LogP contribution is 2.27. The zero-order chi connectivity index (χ0) is 12.8. The molecule has 1 N–H and O–H groups in total. The number of nitrogens with zero attached hydrogens (tertiary/aromatic N) is 2. The second-order valence-corrected chi connectivity index (χ2v) is 4.09. The van der Waals surface area contributed by atoms with Crippen LogP contribution in [-0.2, 0) is 0 Å². The van der Waals surface area contributed by atoms with E-state index in [0.717, 1.165) is 12.2 Å². The summed E-state index contributed by atoms with van der Waals surface area (Å²) in [6.07, 6.45) is 1.62. The lowest BCUT2D eigenvalue weighted by atomic mass is 10.0. The maximum absolute atomic E-state index is 5.27. The number of rotatable bonds is 6. The minimum Gasteiger partial charge on any atom is -0.480 e. The molecule has 0 aliphatic heterocycles. The molecule has 0 aliphatic rings.